The first-order valence-corrected chi connectivity index (χ1v) is 9.59. The number of hydroxylamine groups is 1. The molecule has 0 spiro atoms. The van der Waals surface area contributed by atoms with Gasteiger partial charge < -0.3 is 51.8 Å². The zero-order valence-electron chi connectivity index (χ0n) is 17.9. The molecule has 17 nitrogen and oxygen atoms in total. The number of imide groups is 1. The Balaban J connectivity index is 0.000000757. The molecular weight excluding hydrogens is 468 g/mol. The zero-order valence-corrected chi connectivity index (χ0v) is 17.9. The van der Waals surface area contributed by atoms with Crippen LogP contribution in [0.5, 0.6) is 0 Å². The fraction of sp³-hybridized carbons (Fsp3) is 0.647. The molecule has 1 heterocycles. The van der Waals surface area contributed by atoms with Crippen LogP contribution in [0.2, 0.25) is 0 Å². The molecule has 0 fully saturated rings. The number of aliphatic hydroxyl groups excluding tert-OH is 8. The molecule has 0 radical (unpaired) electrons. The number of rotatable bonds is 12. The van der Waals surface area contributed by atoms with Crippen molar-refractivity contribution < 1.29 is 65.2 Å². The lowest BCUT2D eigenvalue weighted by molar-refractivity contribution is -0.204. The van der Waals surface area contributed by atoms with E-state index in [0.717, 1.165) is 17.1 Å². The molecule has 0 saturated heterocycles. The van der Waals surface area contributed by atoms with Crippen molar-refractivity contribution in [3.63, 3.8) is 0 Å². The first-order valence-electron chi connectivity index (χ1n) is 9.59. The first-order chi connectivity index (χ1) is 15.8. The van der Waals surface area contributed by atoms with Crippen LogP contribution in [0.15, 0.2) is 12.2 Å². The molecule has 1 rings (SSSR count). The lowest BCUT2D eigenvalue weighted by atomic mass is 9.94. The van der Waals surface area contributed by atoms with Crippen LogP contribution >= 0.6 is 0 Å². The van der Waals surface area contributed by atoms with Gasteiger partial charge in [0.25, 0.3) is 11.8 Å². The van der Waals surface area contributed by atoms with E-state index in [2.05, 4.69) is 0 Å². The number of nitrogens with zero attached hydrogens (tertiary/aromatic N) is 2. The summed E-state index contributed by atoms with van der Waals surface area (Å²) in [5, 5.41) is 82.7. The summed E-state index contributed by atoms with van der Waals surface area (Å²) in [6.07, 6.45) is -8.00. The summed E-state index contributed by atoms with van der Waals surface area (Å²) < 4.78 is 0. The molecule has 17 heteroatoms. The van der Waals surface area contributed by atoms with Crippen LogP contribution in [0.25, 0.3) is 0 Å². The minimum absolute atomic E-state index is 0.0658. The molecule has 196 valence electrons. The normalized spacial score (nSPS) is 19.4. The maximum absolute atomic E-state index is 12.2. The Hall–Kier alpha value is -2.58. The molecule has 34 heavy (non-hydrogen) atoms. The van der Waals surface area contributed by atoms with Gasteiger partial charge in [-0.2, -0.15) is 5.48 Å². The second-order valence-electron chi connectivity index (χ2n) is 6.88. The molecule has 6 atom stereocenters. The zero-order chi connectivity index (χ0) is 26.7. The van der Waals surface area contributed by atoms with E-state index < -0.39 is 86.3 Å². The minimum Gasteiger partial charge on any atom is -0.394 e. The molecule has 1 aliphatic heterocycles. The van der Waals surface area contributed by atoms with Crippen molar-refractivity contribution in [2.75, 3.05) is 19.8 Å². The van der Waals surface area contributed by atoms with Gasteiger partial charge in [-0.1, -0.05) is 0 Å². The van der Waals surface area contributed by atoms with E-state index in [0.29, 0.717) is 0 Å². The molecule has 0 aromatic rings. The van der Waals surface area contributed by atoms with Crippen molar-refractivity contribution in [3.05, 3.63) is 12.2 Å². The average Bonchev–Trinajstić information content (AvgIpc) is 3.15. The Kier molecular flexibility index (Phi) is 13.5. The number of hydrogen-bond acceptors (Lipinski definition) is 14. The Morgan fingerprint density at radius 2 is 1.41 bits per heavy atom. The molecule has 0 saturated carbocycles. The molecule has 0 aromatic heterocycles. The van der Waals surface area contributed by atoms with E-state index in [1.54, 1.807) is 0 Å². The molecule has 0 aliphatic carbocycles. The number of nitrogens with one attached hydrogen (secondary N) is 1. The lowest BCUT2D eigenvalue weighted by Gasteiger charge is -2.37. The Labute approximate surface area is 192 Å². The van der Waals surface area contributed by atoms with Crippen LogP contribution in [0.1, 0.15) is 6.92 Å². The highest BCUT2D eigenvalue weighted by Crippen LogP contribution is 2.18. The maximum Gasteiger partial charge on any atom is 0.254 e. The third-order valence-corrected chi connectivity index (χ3v) is 4.57. The number of hydrogen-bond donors (Lipinski definition) is 11. The van der Waals surface area contributed by atoms with Gasteiger partial charge in [0.2, 0.25) is 11.8 Å². The van der Waals surface area contributed by atoms with Gasteiger partial charge in [-0.15, -0.1) is 0 Å². The van der Waals surface area contributed by atoms with Gasteiger partial charge in [0.15, 0.2) is 18.7 Å². The summed E-state index contributed by atoms with van der Waals surface area (Å²) >= 11 is 0. The summed E-state index contributed by atoms with van der Waals surface area (Å²) in [4.78, 5) is 45.6. The fourth-order valence-electron chi connectivity index (χ4n) is 2.67. The van der Waals surface area contributed by atoms with Crippen molar-refractivity contribution in [3.8, 4) is 0 Å². The van der Waals surface area contributed by atoms with Gasteiger partial charge in [-0.25, -0.2) is 0 Å². The largest absolute Gasteiger partial charge is 0.394 e. The molecular formula is C17H30N4O13. The fourth-order valence-corrected chi connectivity index (χ4v) is 2.67. The summed E-state index contributed by atoms with van der Waals surface area (Å²) in [5.74, 6) is -4.96. The van der Waals surface area contributed by atoms with Crippen molar-refractivity contribution in [2.45, 2.75) is 43.9 Å². The minimum atomic E-state index is -2.28. The standard InChI is InChI=1S/C10H22N2O10.C7H8N2O3/c13-1-4(16)7(5(17)2-14)9(20)12(6(18)3-15)10(21)8(19)11-22;1-4(7(8)12)9-5(10)2-3-6(9)11/h4-8,10-11,13-19,21-22H,1-3H2;2-4H,1H3,(H2,8,12). The van der Waals surface area contributed by atoms with Crippen LogP contribution in [0.4, 0.5) is 0 Å². The second kappa shape index (κ2) is 14.6. The highest BCUT2D eigenvalue weighted by Gasteiger charge is 2.42. The molecule has 4 amide bonds. The first kappa shape index (κ1) is 31.4. The highest BCUT2D eigenvalue weighted by atomic mass is 16.5. The number of carbonyl (C=O) groups is 4. The van der Waals surface area contributed by atoms with Crippen molar-refractivity contribution in [1.29, 1.82) is 0 Å². The van der Waals surface area contributed by atoms with Gasteiger partial charge in [-0.3, -0.25) is 29.0 Å². The van der Waals surface area contributed by atoms with E-state index in [-0.39, 0.29) is 4.90 Å². The number of nitrogens with two attached hydrogens (primary N) is 1. The van der Waals surface area contributed by atoms with E-state index in [1.165, 1.54) is 12.4 Å². The van der Waals surface area contributed by atoms with Gasteiger partial charge in [-0.05, 0) is 6.92 Å². The smallest absolute Gasteiger partial charge is 0.254 e. The molecule has 1 aliphatic rings. The summed E-state index contributed by atoms with van der Waals surface area (Å²) in [7, 11) is 0. The van der Waals surface area contributed by atoms with Gasteiger partial charge in [0.1, 0.15) is 6.04 Å². The third kappa shape index (κ3) is 8.02. The SMILES string of the molecule is CC(C(N)=O)N1C(=O)C=CC1=O.O=C(C(C(O)CO)C(O)CO)N(C(O)CO)C(O)C(O)NO. The van der Waals surface area contributed by atoms with E-state index in [1.807, 2.05) is 0 Å². The monoisotopic (exact) mass is 498 g/mol. The van der Waals surface area contributed by atoms with Crippen molar-refractivity contribution >= 4 is 23.6 Å². The number of carbonyl (C=O) groups excluding carboxylic acids is 4. The van der Waals surface area contributed by atoms with Crippen molar-refractivity contribution in [2.24, 2.45) is 11.7 Å². The summed E-state index contributed by atoms with van der Waals surface area (Å²) in [5.41, 5.74) is 6.13. The van der Waals surface area contributed by atoms with Gasteiger partial charge in [0.05, 0.1) is 37.9 Å². The van der Waals surface area contributed by atoms with Crippen molar-refractivity contribution in [1.82, 2.24) is 15.3 Å². The predicted molar refractivity (Wildman–Crippen MR) is 106 cm³/mol. The van der Waals surface area contributed by atoms with Crippen LogP contribution in [-0.4, -0.2) is 136 Å². The molecule has 0 aromatic carbocycles. The van der Waals surface area contributed by atoms with Gasteiger partial charge in [0, 0.05) is 12.2 Å². The van der Waals surface area contributed by atoms with Crippen LogP contribution in [-0.2, 0) is 19.2 Å². The van der Waals surface area contributed by atoms with E-state index in [9.17, 15) is 44.7 Å². The molecule has 0 bridgehead atoms. The van der Waals surface area contributed by atoms with Gasteiger partial charge >= 0.3 is 0 Å². The molecule has 6 unspecified atom stereocenters. The van der Waals surface area contributed by atoms with Crippen LogP contribution in [0, 0.1) is 5.92 Å². The Morgan fingerprint density at radius 3 is 1.74 bits per heavy atom. The highest BCUT2D eigenvalue weighted by molar-refractivity contribution is 6.14. The second-order valence-corrected chi connectivity index (χ2v) is 6.88. The predicted octanol–water partition coefficient (Wildman–Crippen LogP) is -7.15. The Morgan fingerprint density at radius 1 is 0.971 bits per heavy atom. The topological polar surface area (TPSA) is 295 Å². The lowest BCUT2D eigenvalue weighted by Crippen LogP contribution is -2.60. The summed E-state index contributed by atoms with van der Waals surface area (Å²) in [6, 6.07) is -0.875. The molecule has 12 N–H and O–H groups in total. The number of aliphatic hydroxyl groups is 8. The van der Waals surface area contributed by atoms with E-state index >= 15 is 0 Å². The summed E-state index contributed by atoms with van der Waals surface area (Å²) in [6.45, 7) is -1.66. The number of amides is 4. The number of primary amides is 1. The third-order valence-electron chi connectivity index (χ3n) is 4.57. The quantitative estimate of drug-likeness (QED) is 0.0677. The van der Waals surface area contributed by atoms with Crippen LogP contribution < -0.4 is 11.2 Å². The Bertz CT molecular complexity index is 708. The van der Waals surface area contributed by atoms with Crippen LogP contribution in [0.3, 0.4) is 0 Å². The maximum atomic E-state index is 12.2. The average molecular weight is 498 g/mol. The van der Waals surface area contributed by atoms with E-state index in [4.69, 9.17) is 26.3 Å².